The number of unbranched alkanes of at least 4 members (excludes halogenated alkanes) is 1. The van der Waals surface area contributed by atoms with E-state index in [2.05, 4.69) is 16.0 Å². The van der Waals surface area contributed by atoms with Gasteiger partial charge in [-0.2, -0.15) is 0 Å². The molecule has 0 aromatic carbocycles. The molecule has 1 rings (SSSR count). The third kappa shape index (κ3) is 10.1. The third-order valence-corrected chi connectivity index (χ3v) is 4.71. The van der Waals surface area contributed by atoms with E-state index >= 15 is 0 Å². The number of carboxylic acid groups (broad SMARTS) is 1. The van der Waals surface area contributed by atoms with E-state index in [0.29, 0.717) is 12.8 Å². The molecule has 1 aliphatic rings. The Kier molecular flexibility index (Phi) is 11.7. The molecule has 4 amide bonds. The summed E-state index contributed by atoms with van der Waals surface area (Å²) in [6.07, 6.45) is -5.20. The van der Waals surface area contributed by atoms with Crippen molar-refractivity contribution in [1.82, 2.24) is 16.0 Å². The normalized spacial score (nSPS) is 25.5. The van der Waals surface area contributed by atoms with E-state index in [9.17, 15) is 34.2 Å². The molecule has 14 heteroatoms. The molecule has 0 aliphatic carbocycles. The Morgan fingerprint density at radius 2 is 1.73 bits per heavy atom. The van der Waals surface area contributed by atoms with Crippen LogP contribution in [0.25, 0.3) is 0 Å². The summed E-state index contributed by atoms with van der Waals surface area (Å²) < 4.78 is 11.2. The maximum Gasteiger partial charge on any atom is 0.303 e. The fraction of sp³-hybridized carbons (Fsp3) is 0.737. The first-order valence-electron chi connectivity index (χ1n) is 10.4. The molecule has 1 heterocycles. The van der Waals surface area contributed by atoms with Crippen LogP contribution < -0.4 is 21.7 Å². The van der Waals surface area contributed by atoms with E-state index in [-0.39, 0.29) is 19.6 Å². The molecule has 1 aliphatic heterocycles. The highest BCUT2D eigenvalue weighted by Crippen LogP contribution is 2.22. The van der Waals surface area contributed by atoms with Crippen LogP contribution in [0.5, 0.6) is 0 Å². The van der Waals surface area contributed by atoms with Gasteiger partial charge in [0.25, 0.3) is 0 Å². The maximum atomic E-state index is 12.4. The Balaban J connectivity index is 2.79. The lowest BCUT2D eigenvalue weighted by Gasteiger charge is -2.42. The molecule has 0 aromatic heterocycles. The van der Waals surface area contributed by atoms with Crippen LogP contribution in [0.1, 0.15) is 39.5 Å². The predicted molar refractivity (Wildman–Crippen MR) is 110 cm³/mol. The van der Waals surface area contributed by atoms with Crippen LogP contribution in [0, 0.1) is 0 Å². The zero-order valence-electron chi connectivity index (χ0n) is 18.5. The number of nitrogens with one attached hydrogen (secondary N) is 3. The second-order valence-electron chi connectivity index (χ2n) is 7.64. The summed E-state index contributed by atoms with van der Waals surface area (Å²) in [6.45, 7) is 2.10. The second-order valence-corrected chi connectivity index (χ2v) is 7.64. The van der Waals surface area contributed by atoms with Crippen molar-refractivity contribution in [2.45, 2.75) is 76.2 Å². The van der Waals surface area contributed by atoms with Crippen LogP contribution >= 0.6 is 0 Å². The van der Waals surface area contributed by atoms with Crippen molar-refractivity contribution >= 4 is 29.6 Å². The smallest absolute Gasteiger partial charge is 0.303 e. The van der Waals surface area contributed by atoms with Crippen LogP contribution in [0.3, 0.4) is 0 Å². The van der Waals surface area contributed by atoms with Crippen LogP contribution in [0.15, 0.2) is 0 Å². The van der Waals surface area contributed by atoms with Gasteiger partial charge in [-0.05, 0) is 12.8 Å². The van der Waals surface area contributed by atoms with Crippen LogP contribution in [-0.4, -0.2) is 94.8 Å². The minimum absolute atomic E-state index is 0.0547. The minimum Gasteiger partial charge on any atom is -0.481 e. The van der Waals surface area contributed by atoms with E-state index < -0.39 is 72.7 Å². The number of aliphatic carboxylic acids is 1. The zero-order valence-corrected chi connectivity index (χ0v) is 18.5. The van der Waals surface area contributed by atoms with Crippen molar-refractivity contribution in [3.63, 3.8) is 0 Å². The molecule has 0 radical (unpaired) electrons. The van der Waals surface area contributed by atoms with Gasteiger partial charge in [0, 0.05) is 33.4 Å². The fourth-order valence-electron chi connectivity index (χ4n) is 3.19. The van der Waals surface area contributed by atoms with Gasteiger partial charge < -0.3 is 46.5 Å². The summed E-state index contributed by atoms with van der Waals surface area (Å²) in [6, 6.07) is -2.36. The zero-order chi connectivity index (χ0) is 25.1. The first kappa shape index (κ1) is 28.2. The molecule has 5 unspecified atom stereocenters. The molecule has 0 saturated carbocycles. The molecule has 0 spiro atoms. The van der Waals surface area contributed by atoms with Crippen molar-refractivity contribution in [1.29, 1.82) is 0 Å². The third-order valence-electron chi connectivity index (χ3n) is 4.71. The largest absolute Gasteiger partial charge is 0.481 e. The number of aliphatic hydroxyl groups is 2. The Labute approximate surface area is 190 Å². The van der Waals surface area contributed by atoms with Crippen LogP contribution in [-0.2, 0) is 33.4 Å². The van der Waals surface area contributed by atoms with E-state index in [4.69, 9.17) is 20.3 Å². The summed E-state index contributed by atoms with van der Waals surface area (Å²) in [5.41, 5.74) is 5.09. The van der Waals surface area contributed by atoms with Crippen molar-refractivity contribution in [3.8, 4) is 0 Å². The van der Waals surface area contributed by atoms with Gasteiger partial charge in [-0.25, -0.2) is 0 Å². The second kappa shape index (κ2) is 13.7. The van der Waals surface area contributed by atoms with Gasteiger partial charge in [-0.15, -0.1) is 0 Å². The minimum atomic E-state index is -1.52. The molecule has 1 fully saturated rings. The number of aliphatic hydroxyl groups excluding tert-OH is 2. The molecule has 8 N–H and O–H groups in total. The van der Waals surface area contributed by atoms with E-state index in [1.807, 2.05) is 0 Å². The van der Waals surface area contributed by atoms with Gasteiger partial charge in [0.05, 0.1) is 6.42 Å². The molecular weight excluding hydrogens is 444 g/mol. The SMILES string of the molecule is CC(=O)NC1C(OCCCCC(=O)O)OC(CNC(=O)[C@@H](CC(N)=O)NC(C)=O)C(O)C1O. The lowest BCUT2D eigenvalue weighted by Crippen LogP contribution is -2.65. The van der Waals surface area contributed by atoms with Gasteiger partial charge in [-0.1, -0.05) is 0 Å². The van der Waals surface area contributed by atoms with Gasteiger partial charge in [-0.3, -0.25) is 24.0 Å². The summed E-state index contributed by atoms with van der Waals surface area (Å²) in [5, 5.41) is 36.7. The molecule has 0 bridgehead atoms. The first-order chi connectivity index (χ1) is 15.4. The summed E-state index contributed by atoms with van der Waals surface area (Å²) >= 11 is 0. The van der Waals surface area contributed by atoms with Gasteiger partial charge in [0.15, 0.2) is 6.29 Å². The monoisotopic (exact) mass is 476 g/mol. The molecule has 188 valence electrons. The summed E-state index contributed by atoms with van der Waals surface area (Å²) in [7, 11) is 0. The quantitative estimate of drug-likeness (QED) is 0.131. The molecule has 6 atom stereocenters. The van der Waals surface area contributed by atoms with Gasteiger partial charge in [0.1, 0.15) is 30.4 Å². The first-order valence-corrected chi connectivity index (χ1v) is 10.4. The number of primary amides is 1. The molecule has 1 saturated heterocycles. The highest BCUT2D eigenvalue weighted by atomic mass is 16.7. The summed E-state index contributed by atoms with van der Waals surface area (Å²) in [4.78, 5) is 56.9. The number of hydrogen-bond donors (Lipinski definition) is 7. The lowest BCUT2D eigenvalue weighted by molar-refractivity contribution is -0.263. The van der Waals surface area contributed by atoms with Crippen molar-refractivity contribution < 1.29 is 48.8 Å². The van der Waals surface area contributed by atoms with E-state index in [1.165, 1.54) is 6.92 Å². The van der Waals surface area contributed by atoms with E-state index in [0.717, 1.165) is 6.92 Å². The number of carboxylic acids is 1. The Hall–Kier alpha value is -2.81. The molecule has 14 nitrogen and oxygen atoms in total. The van der Waals surface area contributed by atoms with Crippen molar-refractivity contribution in [3.05, 3.63) is 0 Å². The Morgan fingerprint density at radius 1 is 1.06 bits per heavy atom. The van der Waals surface area contributed by atoms with Crippen molar-refractivity contribution in [2.24, 2.45) is 5.73 Å². The fourth-order valence-corrected chi connectivity index (χ4v) is 3.19. The average molecular weight is 476 g/mol. The van der Waals surface area contributed by atoms with Crippen LogP contribution in [0.2, 0.25) is 0 Å². The number of carbonyl (C=O) groups is 5. The topological polar surface area (TPSA) is 227 Å². The van der Waals surface area contributed by atoms with Gasteiger partial charge in [0.2, 0.25) is 23.6 Å². The Morgan fingerprint density at radius 3 is 2.27 bits per heavy atom. The summed E-state index contributed by atoms with van der Waals surface area (Å²) in [5.74, 6) is -3.60. The highest BCUT2D eigenvalue weighted by molar-refractivity contribution is 5.91. The predicted octanol–water partition coefficient (Wildman–Crippen LogP) is -3.29. The van der Waals surface area contributed by atoms with E-state index in [1.54, 1.807) is 0 Å². The number of amides is 4. The molecule has 0 aromatic rings. The van der Waals surface area contributed by atoms with Gasteiger partial charge >= 0.3 is 5.97 Å². The van der Waals surface area contributed by atoms with Crippen molar-refractivity contribution in [2.75, 3.05) is 13.2 Å². The maximum absolute atomic E-state index is 12.4. The lowest BCUT2D eigenvalue weighted by atomic mass is 9.96. The number of carbonyl (C=O) groups excluding carboxylic acids is 4. The number of ether oxygens (including phenoxy) is 2. The molecular formula is C19H32N4O10. The average Bonchev–Trinajstić information content (AvgIpc) is 2.69. The van der Waals surface area contributed by atoms with Crippen LogP contribution in [0.4, 0.5) is 0 Å². The Bertz CT molecular complexity index is 703. The number of rotatable bonds is 13. The number of hydrogen-bond acceptors (Lipinski definition) is 9. The highest BCUT2D eigenvalue weighted by Gasteiger charge is 2.45. The molecule has 33 heavy (non-hydrogen) atoms. The standard InChI is InChI=1S/C19H32N4O10/c1-9(24)22-11(7-13(20)26)18(31)21-8-12-16(29)17(30)15(23-10(2)25)19(33-12)32-6-4-3-5-14(27)28/h11-12,15-17,19,29-30H,3-8H2,1-2H3,(H2,20,26)(H,21,31)(H,22,24)(H,23,25)(H,27,28)/t11-,12?,15?,16?,17?,19?/m1/s1. The number of nitrogens with two attached hydrogens (primary N) is 1.